The highest BCUT2D eigenvalue weighted by atomic mass is 79.9. The second-order valence-corrected chi connectivity index (χ2v) is 6.04. The van der Waals surface area contributed by atoms with E-state index in [1.165, 1.54) is 15.6 Å². The number of carbonyl (C=O) groups is 1. The zero-order chi connectivity index (χ0) is 11.7. The SMILES string of the molecule is CN1C(C=O)=CC(c2cc(Br)cs2)=NS1=O. The van der Waals surface area contributed by atoms with E-state index in [1.807, 2.05) is 11.4 Å². The zero-order valence-electron chi connectivity index (χ0n) is 8.21. The van der Waals surface area contributed by atoms with Crippen molar-refractivity contribution < 1.29 is 9.00 Å². The maximum atomic E-state index is 11.6. The topological polar surface area (TPSA) is 49.7 Å². The molecule has 1 aliphatic rings. The molecule has 2 heterocycles. The molecule has 2 rings (SSSR count). The summed E-state index contributed by atoms with van der Waals surface area (Å²) >= 11 is 3.29. The third kappa shape index (κ3) is 2.16. The lowest BCUT2D eigenvalue weighted by Crippen LogP contribution is -2.25. The molecule has 1 aliphatic heterocycles. The third-order valence-corrected chi connectivity index (χ3v) is 4.75. The number of allylic oxidation sites excluding steroid dienone is 2. The summed E-state index contributed by atoms with van der Waals surface area (Å²) < 4.78 is 17.9. The lowest BCUT2D eigenvalue weighted by molar-refractivity contribution is -0.105. The van der Waals surface area contributed by atoms with Crippen molar-refractivity contribution in [2.24, 2.45) is 4.40 Å². The van der Waals surface area contributed by atoms with Crippen LogP contribution in [0.1, 0.15) is 4.88 Å². The van der Waals surface area contributed by atoms with Gasteiger partial charge in [-0.1, -0.05) is 0 Å². The van der Waals surface area contributed by atoms with Gasteiger partial charge in [-0.2, -0.15) is 4.40 Å². The first-order valence-corrected chi connectivity index (χ1v) is 7.01. The minimum Gasteiger partial charge on any atom is -0.296 e. The first-order valence-electron chi connectivity index (χ1n) is 4.27. The molecule has 0 N–H and O–H groups in total. The first-order chi connectivity index (χ1) is 7.61. The normalized spacial score (nSPS) is 20.4. The van der Waals surface area contributed by atoms with Crippen LogP contribution in [-0.2, 0) is 16.0 Å². The van der Waals surface area contributed by atoms with Gasteiger partial charge in [-0.3, -0.25) is 9.10 Å². The van der Waals surface area contributed by atoms with Crippen LogP contribution >= 0.6 is 27.3 Å². The molecule has 4 nitrogen and oxygen atoms in total. The van der Waals surface area contributed by atoms with Crippen molar-refractivity contribution >= 4 is 50.4 Å². The Kier molecular flexibility index (Phi) is 3.36. The van der Waals surface area contributed by atoms with Crippen molar-refractivity contribution in [3.8, 4) is 0 Å². The molecule has 1 unspecified atom stereocenters. The van der Waals surface area contributed by atoms with E-state index in [0.717, 1.165) is 9.35 Å². The first kappa shape index (κ1) is 11.7. The Morgan fingerprint density at radius 3 is 2.94 bits per heavy atom. The number of hydrogen-bond donors (Lipinski definition) is 0. The molecule has 1 atom stereocenters. The van der Waals surface area contributed by atoms with Gasteiger partial charge in [0.1, 0.15) is 0 Å². The molecule has 0 radical (unpaired) electrons. The molecule has 1 aromatic rings. The van der Waals surface area contributed by atoms with E-state index in [0.29, 0.717) is 17.7 Å². The van der Waals surface area contributed by atoms with Gasteiger partial charge in [-0.25, -0.2) is 4.21 Å². The number of rotatable bonds is 2. The van der Waals surface area contributed by atoms with Crippen molar-refractivity contribution in [3.63, 3.8) is 0 Å². The van der Waals surface area contributed by atoms with Gasteiger partial charge in [-0.05, 0) is 28.1 Å². The summed E-state index contributed by atoms with van der Waals surface area (Å²) in [4.78, 5) is 11.7. The smallest absolute Gasteiger partial charge is 0.246 e. The van der Waals surface area contributed by atoms with Crippen molar-refractivity contribution in [2.45, 2.75) is 0 Å². The van der Waals surface area contributed by atoms with Crippen molar-refractivity contribution in [1.29, 1.82) is 0 Å². The number of halogens is 1. The maximum absolute atomic E-state index is 11.6. The van der Waals surface area contributed by atoms with Gasteiger partial charge in [0, 0.05) is 16.9 Å². The second-order valence-electron chi connectivity index (χ2n) is 3.02. The predicted molar refractivity (Wildman–Crippen MR) is 68.6 cm³/mol. The number of likely N-dealkylation sites (N-methyl/N-ethyl adjacent to an activating group) is 1. The number of thiophene rings is 1. The fourth-order valence-corrected chi connectivity index (χ4v) is 3.33. The van der Waals surface area contributed by atoms with Crippen LogP contribution in [0.25, 0.3) is 0 Å². The Hall–Kier alpha value is -0.790. The van der Waals surface area contributed by atoms with Gasteiger partial charge in [0.2, 0.25) is 11.2 Å². The fraction of sp³-hybridized carbons (Fsp3) is 0.111. The van der Waals surface area contributed by atoms with Crippen LogP contribution in [-0.4, -0.2) is 27.6 Å². The molecular formula is C9H7BrN2O2S2. The molecule has 0 fully saturated rings. The summed E-state index contributed by atoms with van der Waals surface area (Å²) in [6, 6.07) is 1.88. The van der Waals surface area contributed by atoms with Crippen molar-refractivity contribution in [3.05, 3.63) is 32.6 Å². The fourth-order valence-electron chi connectivity index (χ4n) is 1.16. The Morgan fingerprint density at radius 1 is 1.62 bits per heavy atom. The molecule has 84 valence electrons. The summed E-state index contributed by atoms with van der Waals surface area (Å²) in [5.74, 6) is 0. The molecule has 0 spiro atoms. The average Bonchev–Trinajstić information content (AvgIpc) is 2.69. The highest BCUT2D eigenvalue weighted by Gasteiger charge is 2.19. The minimum atomic E-state index is -1.52. The van der Waals surface area contributed by atoms with E-state index in [1.54, 1.807) is 13.1 Å². The van der Waals surface area contributed by atoms with Crippen LogP contribution in [0, 0.1) is 0 Å². The van der Waals surface area contributed by atoms with Crippen LogP contribution in [0.5, 0.6) is 0 Å². The molecular weight excluding hydrogens is 312 g/mol. The largest absolute Gasteiger partial charge is 0.296 e. The molecule has 0 bridgehead atoms. The van der Waals surface area contributed by atoms with Crippen LogP contribution in [0.4, 0.5) is 0 Å². The second kappa shape index (κ2) is 4.60. The minimum absolute atomic E-state index is 0.368. The maximum Gasteiger partial charge on any atom is 0.246 e. The number of nitrogens with zero attached hydrogens (tertiary/aromatic N) is 2. The lowest BCUT2D eigenvalue weighted by Gasteiger charge is -2.18. The molecule has 0 saturated heterocycles. The zero-order valence-corrected chi connectivity index (χ0v) is 11.4. The Labute approximate surface area is 108 Å². The molecule has 0 aliphatic carbocycles. The average molecular weight is 319 g/mol. The van der Waals surface area contributed by atoms with E-state index in [-0.39, 0.29) is 0 Å². The highest BCUT2D eigenvalue weighted by molar-refractivity contribution is 9.10. The van der Waals surface area contributed by atoms with E-state index in [4.69, 9.17) is 0 Å². The van der Waals surface area contributed by atoms with Gasteiger partial charge < -0.3 is 0 Å². The van der Waals surface area contributed by atoms with Gasteiger partial charge >= 0.3 is 0 Å². The van der Waals surface area contributed by atoms with E-state index in [2.05, 4.69) is 20.3 Å². The van der Waals surface area contributed by atoms with Crippen LogP contribution in [0.15, 0.2) is 32.1 Å². The standard InChI is InChI=1S/C9H7BrN2O2S2/c1-12-7(4-13)3-8(11-16(12)14)9-2-6(10)5-15-9/h2-5H,1H3. The molecule has 1 aromatic heterocycles. The number of aldehydes is 1. The Morgan fingerprint density at radius 2 is 2.38 bits per heavy atom. The molecule has 0 amide bonds. The van der Waals surface area contributed by atoms with E-state index in [9.17, 15) is 9.00 Å². The molecule has 16 heavy (non-hydrogen) atoms. The van der Waals surface area contributed by atoms with Crippen LogP contribution in [0.2, 0.25) is 0 Å². The van der Waals surface area contributed by atoms with Crippen LogP contribution < -0.4 is 0 Å². The molecule has 0 saturated carbocycles. The predicted octanol–water partition coefficient (Wildman–Crippen LogP) is 1.91. The van der Waals surface area contributed by atoms with Crippen LogP contribution in [0.3, 0.4) is 0 Å². The van der Waals surface area contributed by atoms with Gasteiger partial charge in [0.05, 0.1) is 16.3 Å². The monoisotopic (exact) mass is 318 g/mol. The molecule has 7 heteroatoms. The number of carbonyl (C=O) groups excluding carboxylic acids is 1. The quantitative estimate of drug-likeness (QED) is 0.782. The van der Waals surface area contributed by atoms with E-state index < -0.39 is 11.2 Å². The van der Waals surface area contributed by atoms with Crippen molar-refractivity contribution in [2.75, 3.05) is 7.05 Å². The summed E-state index contributed by atoms with van der Waals surface area (Å²) in [5.41, 5.74) is 0.946. The Balaban J connectivity index is 2.43. The van der Waals surface area contributed by atoms with E-state index >= 15 is 0 Å². The van der Waals surface area contributed by atoms with Gasteiger partial charge in [0.15, 0.2) is 6.29 Å². The van der Waals surface area contributed by atoms with Crippen molar-refractivity contribution in [1.82, 2.24) is 4.31 Å². The summed E-state index contributed by atoms with van der Waals surface area (Å²) in [7, 11) is 1.57. The summed E-state index contributed by atoms with van der Waals surface area (Å²) in [6.07, 6.45) is 2.31. The molecule has 0 aromatic carbocycles. The summed E-state index contributed by atoms with van der Waals surface area (Å²) in [6.45, 7) is 0. The summed E-state index contributed by atoms with van der Waals surface area (Å²) in [5, 5.41) is 1.91. The van der Waals surface area contributed by atoms with Gasteiger partial charge in [0.25, 0.3) is 0 Å². The highest BCUT2D eigenvalue weighted by Crippen LogP contribution is 2.23. The van der Waals surface area contributed by atoms with Gasteiger partial charge in [-0.15, -0.1) is 11.3 Å². The lowest BCUT2D eigenvalue weighted by atomic mass is 10.2. The number of hydrogen-bond acceptors (Lipinski definition) is 3. The Bertz CT molecular complexity index is 521. The third-order valence-electron chi connectivity index (χ3n) is 2.00.